The molecular weight excluding hydrogens is 191 g/mol. The van der Waals surface area contributed by atoms with Crippen molar-refractivity contribution < 1.29 is 4.39 Å². The van der Waals surface area contributed by atoms with Crippen LogP contribution in [0.15, 0.2) is 24.3 Å². The van der Waals surface area contributed by atoms with Crippen LogP contribution in [0.3, 0.4) is 0 Å². The van der Waals surface area contributed by atoms with Crippen LogP contribution < -0.4 is 5.32 Å². The maximum Gasteiger partial charge on any atom is 0.123 e. The second-order valence-corrected chi connectivity index (χ2v) is 4.03. The predicted octanol–water partition coefficient (Wildman–Crippen LogP) is 2.04. The third kappa shape index (κ3) is 4.40. The van der Waals surface area contributed by atoms with Crippen molar-refractivity contribution in [1.29, 1.82) is 0 Å². The van der Waals surface area contributed by atoms with Gasteiger partial charge in [-0.3, -0.25) is 0 Å². The quantitative estimate of drug-likeness (QED) is 0.800. The molecule has 0 radical (unpaired) electrons. The third-order valence-corrected chi connectivity index (χ3v) is 2.38. The first-order valence-corrected chi connectivity index (χ1v) is 5.23. The van der Waals surface area contributed by atoms with Crippen LogP contribution >= 0.6 is 0 Å². The molecule has 84 valence electrons. The van der Waals surface area contributed by atoms with Gasteiger partial charge in [-0.25, -0.2) is 4.39 Å². The van der Waals surface area contributed by atoms with Crippen LogP contribution in [-0.4, -0.2) is 32.1 Å². The molecular formula is C12H19FN2. The van der Waals surface area contributed by atoms with Gasteiger partial charge >= 0.3 is 0 Å². The van der Waals surface area contributed by atoms with Crippen LogP contribution in [0, 0.1) is 5.82 Å². The molecule has 0 saturated carbocycles. The van der Waals surface area contributed by atoms with E-state index in [1.165, 1.54) is 12.1 Å². The highest BCUT2D eigenvalue weighted by molar-refractivity contribution is 5.19. The van der Waals surface area contributed by atoms with Crippen molar-refractivity contribution in [2.24, 2.45) is 0 Å². The number of nitrogens with one attached hydrogen (secondary N) is 1. The Kier molecular flexibility index (Phi) is 4.72. The van der Waals surface area contributed by atoms with Crippen molar-refractivity contribution in [2.75, 3.05) is 27.2 Å². The van der Waals surface area contributed by atoms with Gasteiger partial charge in [0.2, 0.25) is 0 Å². The molecule has 1 rings (SSSR count). The summed E-state index contributed by atoms with van der Waals surface area (Å²) in [5.74, 6) is -0.181. The summed E-state index contributed by atoms with van der Waals surface area (Å²) in [4.78, 5) is 2.13. The van der Waals surface area contributed by atoms with Crippen LogP contribution in [0.1, 0.15) is 18.5 Å². The van der Waals surface area contributed by atoms with Crippen LogP contribution in [-0.2, 0) is 0 Å². The molecule has 0 amide bonds. The van der Waals surface area contributed by atoms with E-state index in [1.54, 1.807) is 0 Å². The second kappa shape index (κ2) is 5.83. The van der Waals surface area contributed by atoms with Crippen molar-refractivity contribution >= 4 is 0 Å². The van der Waals surface area contributed by atoms with Crippen LogP contribution in [0.25, 0.3) is 0 Å². The van der Waals surface area contributed by atoms with Crippen molar-refractivity contribution in [3.63, 3.8) is 0 Å². The number of likely N-dealkylation sites (N-methyl/N-ethyl adjacent to an activating group) is 1. The van der Waals surface area contributed by atoms with Crippen LogP contribution in [0.5, 0.6) is 0 Å². The highest BCUT2D eigenvalue weighted by Crippen LogP contribution is 2.12. The fourth-order valence-corrected chi connectivity index (χ4v) is 1.37. The first-order valence-electron chi connectivity index (χ1n) is 5.23. The van der Waals surface area contributed by atoms with E-state index in [0.717, 1.165) is 18.7 Å². The number of rotatable bonds is 5. The summed E-state index contributed by atoms with van der Waals surface area (Å²) in [6.45, 7) is 4.03. The lowest BCUT2D eigenvalue weighted by molar-refractivity contribution is 0.389. The summed E-state index contributed by atoms with van der Waals surface area (Å²) in [7, 11) is 4.09. The second-order valence-electron chi connectivity index (χ2n) is 4.03. The Balaban J connectivity index is 2.40. The Morgan fingerprint density at radius 2 is 1.87 bits per heavy atom. The molecule has 0 aliphatic heterocycles. The Labute approximate surface area is 91.1 Å². The Hall–Kier alpha value is -0.930. The highest BCUT2D eigenvalue weighted by atomic mass is 19.1. The van der Waals surface area contributed by atoms with E-state index in [9.17, 15) is 4.39 Å². The molecule has 1 atom stereocenters. The summed E-state index contributed by atoms with van der Waals surface area (Å²) in [6, 6.07) is 6.91. The predicted molar refractivity (Wildman–Crippen MR) is 61.4 cm³/mol. The molecule has 3 heteroatoms. The number of halogens is 1. The molecule has 0 saturated heterocycles. The van der Waals surface area contributed by atoms with Gasteiger partial charge in [0.05, 0.1) is 0 Å². The summed E-state index contributed by atoms with van der Waals surface area (Å²) in [5, 5.41) is 3.39. The molecule has 0 heterocycles. The first kappa shape index (κ1) is 12.1. The van der Waals surface area contributed by atoms with E-state index in [4.69, 9.17) is 0 Å². The molecule has 0 bridgehead atoms. The van der Waals surface area contributed by atoms with Crippen molar-refractivity contribution in [3.05, 3.63) is 35.6 Å². The zero-order valence-corrected chi connectivity index (χ0v) is 9.63. The smallest absolute Gasteiger partial charge is 0.123 e. The average molecular weight is 210 g/mol. The largest absolute Gasteiger partial charge is 0.309 e. The monoisotopic (exact) mass is 210 g/mol. The lowest BCUT2D eigenvalue weighted by Crippen LogP contribution is -2.28. The van der Waals surface area contributed by atoms with Gasteiger partial charge < -0.3 is 10.2 Å². The van der Waals surface area contributed by atoms with Gasteiger partial charge in [0.25, 0.3) is 0 Å². The third-order valence-electron chi connectivity index (χ3n) is 2.38. The van der Waals surface area contributed by atoms with Gasteiger partial charge in [0, 0.05) is 19.1 Å². The molecule has 0 aliphatic carbocycles. The molecule has 1 aromatic rings. The van der Waals surface area contributed by atoms with Crippen LogP contribution in [0.2, 0.25) is 0 Å². The molecule has 15 heavy (non-hydrogen) atoms. The minimum absolute atomic E-state index is 0.181. The molecule has 1 unspecified atom stereocenters. The minimum atomic E-state index is -0.181. The zero-order chi connectivity index (χ0) is 11.3. The number of nitrogens with zero attached hydrogens (tertiary/aromatic N) is 1. The topological polar surface area (TPSA) is 15.3 Å². The standard InChI is InChI=1S/C12H19FN2/c1-10(14-8-9-15(2)3)11-4-6-12(13)7-5-11/h4-7,10,14H,8-9H2,1-3H3. The van der Waals surface area contributed by atoms with E-state index in [0.29, 0.717) is 0 Å². The van der Waals surface area contributed by atoms with E-state index in [-0.39, 0.29) is 11.9 Å². The number of hydrogen-bond acceptors (Lipinski definition) is 2. The fourth-order valence-electron chi connectivity index (χ4n) is 1.37. The minimum Gasteiger partial charge on any atom is -0.309 e. The summed E-state index contributed by atoms with van der Waals surface area (Å²) in [6.07, 6.45) is 0. The maximum absolute atomic E-state index is 12.7. The van der Waals surface area contributed by atoms with Crippen molar-refractivity contribution in [3.8, 4) is 0 Å². The Bertz CT molecular complexity index is 282. The van der Waals surface area contributed by atoms with Crippen LogP contribution in [0.4, 0.5) is 4.39 Å². The van der Waals surface area contributed by atoms with Gasteiger partial charge in [0.1, 0.15) is 5.82 Å². The normalized spacial score (nSPS) is 13.1. The van der Waals surface area contributed by atoms with Crippen molar-refractivity contribution in [2.45, 2.75) is 13.0 Å². The first-order chi connectivity index (χ1) is 7.09. The summed E-state index contributed by atoms with van der Waals surface area (Å²) >= 11 is 0. The number of benzene rings is 1. The van der Waals surface area contributed by atoms with Gasteiger partial charge in [-0.15, -0.1) is 0 Å². The zero-order valence-electron chi connectivity index (χ0n) is 9.63. The average Bonchev–Trinajstić information content (AvgIpc) is 2.18. The summed E-state index contributed by atoms with van der Waals surface area (Å²) < 4.78 is 12.7. The lowest BCUT2D eigenvalue weighted by Gasteiger charge is -2.16. The highest BCUT2D eigenvalue weighted by Gasteiger charge is 2.03. The van der Waals surface area contributed by atoms with Gasteiger partial charge in [-0.2, -0.15) is 0 Å². The Morgan fingerprint density at radius 3 is 2.40 bits per heavy atom. The number of hydrogen-bond donors (Lipinski definition) is 1. The van der Waals surface area contributed by atoms with Gasteiger partial charge in [-0.1, -0.05) is 12.1 Å². The van der Waals surface area contributed by atoms with Crippen molar-refractivity contribution in [1.82, 2.24) is 10.2 Å². The summed E-state index contributed by atoms with van der Waals surface area (Å²) in [5.41, 5.74) is 1.12. The van der Waals surface area contributed by atoms with Gasteiger partial charge in [-0.05, 0) is 38.7 Å². The molecule has 0 spiro atoms. The Morgan fingerprint density at radius 1 is 1.27 bits per heavy atom. The SMILES string of the molecule is CC(NCCN(C)C)c1ccc(F)cc1. The van der Waals surface area contributed by atoms with E-state index >= 15 is 0 Å². The van der Waals surface area contributed by atoms with E-state index in [1.807, 2.05) is 26.2 Å². The van der Waals surface area contributed by atoms with Gasteiger partial charge in [0.15, 0.2) is 0 Å². The maximum atomic E-state index is 12.7. The molecule has 0 aliphatic rings. The van der Waals surface area contributed by atoms with E-state index in [2.05, 4.69) is 17.1 Å². The molecule has 1 N–H and O–H groups in total. The lowest BCUT2D eigenvalue weighted by atomic mass is 10.1. The fraction of sp³-hybridized carbons (Fsp3) is 0.500. The molecule has 0 aromatic heterocycles. The van der Waals surface area contributed by atoms with E-state index < -0.39 is 0 Å². The molecule has 0 fully saturated rings. The molecule has 1 aromatic carbocycles. The molecule has 2 nitrogen and oxygen atoms in total.